The lowest BCUT2D eigenvalue weighted by Crippen LogP contribution is -2.39. The molecule has 5 nitrogen and oxygen atoms in total. The van der Waals surface area contributed by atoms with Crippen molar-refractivity contribution in [2.45, 2.75) is 12.6 Å². The molecule has 0 amide bonds. The summed E-state index contributed by atoms with van der Waals surface area (Å²) >= 11 is 1.62. The van der Waals surface area contributed by atoms with E-state index < -0.39 is 0 Å². The second-order valence-corrected chi connectivity index (χ2v) is 6.37. The SMILES string of the molecule is CN(C)[C@H](Cn1c(=O)[nH]c2ccccc2c1=O)c1cccs1. The lowest BCUT2D eigenvalue weighted by Gasteiger charge is -2.23. The van der Waals surface area contributed by atoms with E-state index in [2.05, 4.69) is 4.98 Å². The van der Waals surface area contributed by atoms with Crippen LogP contribution in [0.5, 0.6) is 0 Å². The summed E-state index contributed by atoms with van der Waals surface area (Å²) in [5.41, 5.74) is -0.0406. The maximum atomic E-state index is 12.6. The summed E-state index contributed by atoms with van der Waals surface area (Å²) in [5.74, 6) is 0. The first-order chi connectivity index (χ1) is 10.6. The number of likely N-dealkylation sites (N-methyl/N-ethyl adjacent to an activating group) is 1. The van der Waals surface area contributed by atoms with Crippen LogP contribution in [0.15, 0.2) is 51.4 Å². The Morgan fingerprint density at radius 2 is 1.95 bits per heavy atom. The van der Waals surface area contributed by atoms with E-state index in [0.29, 0.717) is 17.4 Å². The van der Waals surface area contributed by atoms with E-state index in [1.807, 2.05) is 36.5 Å². The smallest absolute Gasteiger partial charge is 0.307 e. The van der Waals surface area contributed by atoms with E-state index in [9.17, 15) is 9.59 Å². The second kappa shape index (κ2) is 5.90. The minimum atomic E-state index is -0.368. The number of benzene rings is 1. The molecule has 3 aromatic rings. The summed E-state index contributed by atoms with van der Waals surface area (Å²) in [4.78, 5) is 30.8. The van der Waals surface area contributed by atoms with Crippen molar-refractivity contribution in [1.82, 2.24) is 14.5 Å². The average molecular weight is 315 g/mol. The van der Waals surface area contributed by atoms with Crippen LogP contribution in [-0.2, 0) is 6.54 Å². The molecule has 0 fully saturated rings. The number of aromatic nitrogens is 2. The fourth-order valence-electron chi connectivity index (χ4n) is 2.53. The van der Waals surface area contributed by atoms with E-state index in [0.717, 1.165) is 4.88 Å². The van der Waals surface area contributed by atoms with Crippen molar-refractivity contribution in [2.24, 2.45) is 0 Å². The largest absolute Gasteiger partial charge is 0.328 e. The Morgan fingerprint density at radius 3 is 2.64 bits per heavy atom. The zero-order valence-electron chi connectivity index (χ0n) is 12.4. The van der Waals surface area contributed by atoms with E-state index in [-0.39, 0.29) is 17.3 Å². The topological polar surface area (TPSA) is 58.1 Å². The Labute approximate surface area is 131 Å². The van der Waals surface area contributed by atoms with Crippen molar-refractivity contribution in [3.05, 3.63) is 67.5 Å². The molecule has 1 N–H and O–H groups in total. The Morgan fingerprint density at radius 1 is 1.18 bits per heavy atom. The Bertz CT molecular complexity index is 894. The molecular weight excluding hydrogens is 298 g/mol. The first-order valence-electron chi connectivity index (χ1n) is 6.99. The molecule has 0 aliphatic rings. The van der Waals surface area contributed by atoms with Gasteiger partial charge in [-0.25, -0.2) is 4.79 Å². The van der Waals surface area contributed by atoms with Gasteiger partial charge in [-0.05, 0) is 37.7 Å². The third-order valence-corrected chi connectivity index (χ3v) is 4.71. The molecule has 0 saturated heterocycles. The van der Waals surface area contributed by atoms with Gasteiger partial charge in [-0.15, -0.1) is 11.3 Å². The molecule has 2 aromatic heterocycles. The highest BCUT2D eigenvalue weighted by Gasteiger charge is 2.18. The lowest BCUT2D eigenvalue weighted by molar-refractivity contribution is 0.268. The number of nitrogens with one attached hydrogen (secondary N) is 1. The number of fused-ring (bicyclic) bond motifs is 1. The van der Waals surface area contributed by atoms with Gasteiger partial charge < -0.3 is 9.88 Å². The summed E-state index contributed by atoms with van der Waals surface area (Å²) < 4.78 is 1.28. The molecule has 0 unspecified atom stereocenters. The van der Waals surface area contributed by atoms with Gasteiger partial charge in [0.25, 0.3) is 5.56 Å². The summed E-state index contributed by atoms with van der Waals surface area (Å²) in [6.45, 7) is 0.326. The predicted octanol–water partition coefficient (Wildman–Crippen LogP) is 2.05. The Balaban J connectivity index is 2.10. The van der Waals surface area contributed by atoms with Crippen LogP contribution in [0, 0.1) is 0 Å². The lowest BCUT2D eigenvalue weighted by atomic mass is 10.2. The number of para-hydroxylation sites is 1. The van der Waals surface area contributed by atoms with Crippen LogP contribution in [-0.4, -0.2) is 28.5 Å². The quantitative estimate of drug-likeness (QED) is 0.802. The van der Waals surface area contributed by atoms with Gasteiger partial charge in [0, 0.05) is 4.88 Å². The van der Waals surface area contributed by atoms with Crippen molar-refractivity contribution >= 4 is 22.2 Å². The number of hydrogen-bond donors (Lipinski definition) is 1. The first-order valence-corrected chi connectivity index (χ1v) is 7.87. The number of rotatable bonds is 4. The van der Waals surface area contributed by atoms with Crippen LogP contribution in [0.4, 0.5) is 0 Å². The monoisotopic (exact) mass is 315 g/mol. The summed E-state index contributed by atoms with van der Waals surface area (Å²) in [6, 6.07) is 11.1. The van der Waals surface area contributed by atoms with E-state index in [1.165, 1.54) is 4.57 Å². The molecule has 0 saturated carbocycles. The van der Waals surface area contributed by atoms with Gasteiger partial charge in [-0.3, -0.25) is 9.36 Å². The highest BCUT2D eigenvalue weighted by molar-refractivity contribution is 7.10. The normalized spacial score (nSPS) is 12.9. The van der Waals surface area contributed by atoms with Crippen LogP contribution >= 0.6 is 11.3 Å². The molecule has 3 rings (SSSR count). The first kappa shape index (κ1) is 14.7. The molecule has 1 aromatic carbocycles. The average Bonchev–Trinajstić information content (AvgIpc) is 3.00. The van der Waals surface area contributed by atoms with Crippen LogP contribution in [0.2, 0.25) is 0 Å². The zero-order valence-corrected chi connectivity index (χ0v) is 13.3. The molecule has 1 atom stereocenters. The minimum Gasteiger partial charge on any atom is -0.307 e. The van der Waals surface area contributed by atoms with Crippen molar-refractivity contribution in [3.8, 4) is 0 Å². The Hall–Kier alpha value is -2.18. The summed E-state index contributed by atoms with van der Waals surface area (Å²) in [5, 5.41) is 2.53. The van der Waals surface area contributed by atoms with E-state index in [1.54, 1.807) is 35.6 Å². The Kier molecular flexibility index (Phi) is 3.96. The van der Waals surface area contributed by atoms with E-state index in [4.69, 9.17) is 0 Å². The van der Waals surface area contributed by atoms with Crippen molar-refractivity contribution in [3.63, 3.8) is 0 Å². The van der Waals surface area contributed by atoms with E-state index >= 15 is 0 Å². The van der Waals surface area contributed by atoms with Gasteiger partial charge in [0.15, 0.2) is 0 Å². The fraction of sp³-hybridized carbons (Fsp3) is 0.250. The highest BCUT2D eigenvalue weighted by Crippen LogP contribution is 2.24. The van der Waals surface area contributed by atoms with Crippen LogP contribution in [0.1, 0.15) is 10.9 Å². The number of nitrogens with zero attached hydrogens (tertiary/aromatic N) is 2. The second-order valence-electron chi connectivity index (χ2n) is 5.39. The zero-order chi connectivity index (χ0) is 15.7. The summed E-state index contributed by atoms with van der Waals surface area (Å²) in [7, 11) is 3.90. The molecule has 22 heavy (non-hydrogen) atoms. The summed E-state index contributed by atoms with van der Waals surface area (Å²) in [6.07, 6.45) is 0. The van der Waals surface area contributed by atoms with Crippen molar-refractivity contribution in [1.29, 1.82) is 0 Å². The highest BCUT2D eigenvalue weighted by atomic mass is 32.1. The van der Waals surface area contributed by atoms with Gasteiger partial charge >= 0.3 is 5.69 Å². The maximum Gasteiger partial charge on any atom is 0.328 e. The third-order valence-electron chi connectivity index (χ3n) is 3.74. The predicted molar refractivity (Wildman–Crippen MR) is 89.6 cm³/mol. The molecule has 0 bridgehead atoms. The van der Waals surface area contributed by atoms with Gasteiger partial charge in [0.05, 0.1) is 23.5 Å². The van der Waals surface area contributed by atoms with Crippen LogP contribution in [0.3, 0.4) is 0 Å². The number of H-pyrrole nitrogens is 1. The standard InChI is InChI=1S/C16H17N3O2S/c1-18(2)13(14-8-5-9-22-14)10-19-15(20)11-6-3-4-7-12(11)17-16(19)21/h3-9,13H,10H2,1-2H3,(H,17,21)/t13-/m1/s1. The molecule has 6 heteroatoms. The van der Waals surface area contributed by atoms with Gasteiger partial charge in [-0.2, -0.15) is 0 Å². The van der Waals surface area contributed by atoms with Gasteiger partial charge in [0.2, 0.25) is 0 Å². The molecule has 0 aliphatic heterocycles. The van der Waals surface area contributed by atoms with Crippen molar-refractivity contribution < 1.29 is 0 Å². The number of thiophene rings is 1. The number of aromatic amines is 1. The molecular formula is C16H17N3O2S. The third kappa shape index (κ3) is 2.63. The van der Waals surface area contributed by atoms with Gasteiger partial charge in [0.1, 0.15) is 0 Å². The molecule has 2 heterocycles. The van der Waals surface area contributed by atoms with Crippen LogP contribution in [0.25, 0.3) is 10.9 Å². The molecule has 0 spiro atoms. The molecule has 0 radical (unpaired) electrons. The number of hydrogen-bond acceptors (Lipinski definition) is 4. The van der Waals surface area contributed by atoms with Gasteiger partial charge in [-0.1, -0.05) is 18.2 Å². The fourth-order valence-corrected chi connectivity index (χ4v) is 3.44. The molecule has 0 aliphatic carbocycles. The molecule has 114 valence electrons. The van der Waals surface area contributed by atoms with Crippen molar-refractivity contribution in [2.75, 3.05) is 14.1 Å². The van der Waals surface area contributed by atoms with Crippen LogP contribution < -0.4 is 11.2 Å². The maximum absolute atomic E-state index is 12.6. The minimum absolute atomic E-state index is 0.0139.